The van der Waals surface area contributed by atoms with Crippen molar-refractivity contribution in [1.29, 1.82) is 0 Å². The lowest BCUT2D eigenvalue weighted by Crippen LogP contribution is -2.15. The maximum absolute atomic E-state index is 13.2. The molecule has 3 nitrogen and oxygen atoms in total. The summed E-state index contributed by atoms with van der Waals surface area (Å²) in [5.74, 6) is -1.45. The zero-order valence-corrected chi connectivity index (χ0v) is 12.5. The van der Waals surface area contributed by atoms with Crippen LogP contribution in [0.3, 0.4) is 0 Å². The highest BCUT2D eigenvalue weighted by molar-refractivity contribution is 5.76. The second-order valence-electron chi connectivity index (χ2n) is 5.08. The zero-order valence-electron chi connectivity index (χ0n) is 12.5. The van der Waals surface area contributed by atoms with Crippen molar-refractivity contribution in [2.45, 2.75) is 25.7 Å². The molecule has 0 bridgehead atoms. The van der Waals surface area contributed by atoms with Crippen LogP contribution in [0.4, 0.5) is 4.39 Å². The Bertz CT molecular complexity index is 640. The number of hydrogen-bond donors (Lipinski definition) is 1. The smallest absolute Gasteiger partial charge is 0.311 e. The van der Waals surface area contributed by atoms with Gasteiger partial charge in [-0.2, -0.15) is 0 Å². The minimum atomic E-state index is -0.975. The van der Waals surface area contributed by atoms with Gasteiger partial charge in [-0.3, -0.25) is 4.79 Å². The van der Waals surface area contributed by atoms with Crippen molar-refractivity contribution in [3.63, 3.8) is 0 Å². The summed E-state index contributed by atoms with van der Waals surface area (Å²) in [4.78, 5) is 11.4. The lowest BCUT2D eigenvalue weighted by atomic mass is 9.96. The first kappa shape index (κ1) is 16.0. The van der Waals surface area contributed by atoms with Gasteiger partial charge < -0.3 is 9.84 Å². The van der Waals surface area contributed by atoms with E-state index in [1.165, 1.54) is 18.2 Å². The molecule has 22 heavy (non-hydrogen) atoms. The number of halogens is 1. The zero-order chi connectivity index (χ0) is 15.9. The topological polar surface area (TPSA) is 46.5 Å². The van der Waals surface area contributed by atoms with E-state index >= 15 is 0 Å². The highest BCUT2D eigenvalue weighted by atomic mass is 19.1. The van der Waals surface area contributed by atoms with E-state index in [0.29, 0.717) is 5.56 Å². The van der Waals surface area contributed by atoms with Crippen molar-refractivity contribution in [3.05, 3.63) is 65.5 Å². The predicted octanol–water partition coefficient (Wildman–Crippen LogP) is 4.03. The van der Waals surface area contributed by atoms with E-state index in [0.717, 1.165) is 17.7 Å². The standard InChI is InChI=1S/C18H19FO3/c1-2-13-5-3-8-16(11-13)22-10-9-17(18(20)21)14-6-4-7-15(19)12-14/h3-8,11-12,17H,2,9-10H2,1H3,(H,20,21). The first-order chi connectivity index (χ1) is 10.6. The van der Waals surface area contributed by atoms with E-state index in [2.05, 4.69) is 6.92 Å². The Labute approximate surface area is 129 Å². The molecule has 0 heterocycles. The highest BCUT2D eigenvalue weighted by Gasteiger charge is 2.20. The minimum Gasteiger partial charge on any atom is -0.494 e. The van der Waals surface area contributed by atoms with E-state index in [9.17, 15) is 14.3 Å². The molecule has 0 radical (unpaired) electrons. The number of aryl methyl sites for hydroxylation is 1. The van der Waals surface area contributed by atoms with E-state index in [1.807, 2.05) is 24.3 Å². The van der Waals surface area contributed by atoms with Gasteiger partial charge in [-0.1, -0.05) is 31.2 Å². The molecule has 0 saturated carbocycles. The van der Waals surface area contributed by atoms with E-state index in [1.54, 1.807) is 6.07 Å². The Morgan fingerprint density at radius 3 is 2.68 bits per heavy atom. The molecular formula is C18H19FO3. The second kappa shape index (κ2) is 7.59. The average Bonchev–Trinajstić information content (AvgIpc) is 2.51. The van der Waals surface area contributed by atoms with Crippen molar-refractivity contribution in [1.82, 2.24) is 0 Å². The van der Waals surface area contributed by atoms with Gasteiger partial charge in [0.2, 0.25) is 0 Å². The summed E-state index contributed by atoms with van der Waals surface area (Å²) in [6.07, 6.45) is 1.20. The summed E-state index contributed by atoms with van der Waals surface area (Å²) in [5, 5.41) is 9.32. The maximum atomic E-state index is 13.2. The molecule has 0 aliphatic carbocycles. The second-order valence-corrected chi connectivity index (χ2v) is 5.08. The van der Waals surface area contributed by atoms with Crippen LogP contribution < -0.4 is 4.74 Å². The van der Waals surface area contributed by atoms with Gasteiger partial charge in [0, 0.05) is 0 Å². The van der Waals surface area contributed by atoms with Gasteiger partial charge in [-0.15, -0.1) is 0 Å². The Hall–Kier alpha value is -2.36. The third-order valence-corrected chi connectivity index (χ3v) is 3.53. The van der Waals surface area contributed by atoms with Gasteiger partial charge in [0.05, 0.1) is 12.5 Å². The van der Waals surface area contributed by atoms with Crippen LogP contribution in [0.15, 0.2) is 48.5 Å². The molecule has 0 saturated heterocycles. The Morgan fingerprint density at radius 1 is 1.23 bits per heavy atom. The van der Waals surface area contributed by atoms with Crippen molar-refractivity contribution < 1.29 is 19.0 Å². The van der Waals surface area contributed by atoms with Crippen molar-refractivity contribution in [3.8, 4) is 5.75 Å². The van der Waals surface area contributed by atoms with Crippen LogP contribution in [-0.4, -0.2) is 17.7 Å². The molecule has 4 heteroatoms. The summed E-state index contributed by atoms with van der Waals surface area (Å²) >= 11 is 0. The molecule has 2 aromatic rings. The van der Waals surface area contributed by atoms with Gasteiger partial charge >= 0.3 is 5.97 Å². The molecule has 0 aliphatic rings. The van der Waals surface area contributed by atoms with E-state index < -0.39 is 17.7 Å². The number of aliphatic carboxylic acids is 1. The van der Waals surface area contributed by atoms with Crippen LogP contribution >= 0.6 is 0 Å². The number of carbonyl (C=O) groups is 1. The number of hydrogen-bond acceptors (Lipinski definition) is 2. The number of rotatable bonds is 7. The fourth-order valence-corrected chi connectivity index (χ4v) is 2.31. The first-order valence-corrected chi connectivity index (χ1v) is 7.30. The highest BCUT2D eigenvalue weighted by Crippen LogP contribution is 2.22. The molecule has 0 spiro atoms. The fraction of sp³-hybridized carbons (Fsp3) is 0.278. The number of ether oxygens (including phenoxy) is 1. The monoisotopic (exact) mass is 302 g/mol. The lowest BCUT2D eigenvalue weighted by Gasteiger charge is -2.14. The van der Waals surface area contributed by atoms with Crippen LogP contribution in [0.5, 0.6) is 5.75 Å². The third kappa shape index (κ3) is 4.32. The Balaban J connectivity index is 1.99. The molecule has 0 aromatic heterocycles. The average molecular weight is 302 g/mol. The summed E-state index contributed by atoms with van der Waals surface area (Å²) < 4.78 is 18.9. The lowest BCUT2D eigenvalue weighted by molar-refractivity contribution is -0.139. The quantitative estimate of drug-likeness (QED) is 0.840. The van der Waals surface area contributed by atoms with Gasteiger partial charge in [0.15, 0.2) is 0 Å². The number of benzene rings is 2. The van der Waals surface area contributed by atoms with Crippen LogP contribution in [0, 0.1) is 5.82 Å². The molecule has 1 atom stereocenters. The molecule has 0 amide bonds. The minimum absolute atomic E-state index is 0.265. The molecule has 2 rings (SSSR count). The fourth-order valence-electron chi connectivity index (χ4n) is 2.31. The van der Waals surface area contributed by atoms with Crippen molar-refractivity contribution in [2.75, 3.05) is 6.61 Å². The predicted molar refractivity (Wildman–Crippen MR) is 82.7 cm³/mol. The van der Waals surface area contributed by atoms with E-state index in [4.69, 9.17) is 4.74 Å². The molecule has 0 aliphatic heterocycles. The number of carboxylic acids is 1. The van der Waals surface area contributed by atoms with Gasteiger partial charge in [0.25, 0.3) is 0 Å². The summed E-state index contributed by atoms with van der Waals surface area (Å²) in [7, 11) is 0. The SMILES string of the molecule is CCc1cccc(OCCC(C(=O)O)c2cccc(F)c2)c1. The molecule has 1 unspecified atom stereocenters. The number of carboxylic acid groups (broad SMARTS) is 1. The maximum Gasteiger partial charge on any atom is 0.311 e. The first-order valence-electron chi connectivity index (χ1n) is 7.30. The Morgan fingerprint density at radius 2 is 2.00 bits per heavy atom. The molecular weight excluding hydrogens is 283 g/mol. The molecule has 0 fully saturated rings. The van der Waals surface area contributed by atoms with Gasteiger partial charge in [0.1, 0.15) is 11.6 Å². The van der Waals surface area contributed by atoms with E-state index in [-0.39, 0.29) is 13.0 Å². The summed E-state index contributed by atoms with van der Waals surface area (Å²) in [6.45, 7) is 2.32. The molecule has 2 aromatic carbocycles. The van der Waals surface area contributed by atoms with Crippen LogP contribution in [0.1, 0.15) is 30.4 Å². The van der Waals surface area contributed by atoms with Crippen molar-refractivity contribution >= 4 is 5.97 Å². The molecule has 1 N–H and O–H groups in total. The summed E-state index contributed by atoms with van der Waals surface area (Å²) in [6, 6.07) is 13.4. The van der Waals surface area contributed by atoms with Crippen molar-refractivity contribution in [2.24, 2.45) is 0 Å². The largest absolute Gasteiger partial charge is 0.494 e. The van der Waals surface area contributed by atoms with Crippen LogP contribution in [0.25, 0.3) is 0 Å². The Kier molecular flexibility index (Phi) is 5.53. The van der Waals surface area contributed by atoms with Crippen LogP contribution in [-0.2, 0) is 11.2 Å². The van der Waals surface area contributed by atoms with Crippen LogP contribution in [0.2, 0.25) is 0 Å². The third-order valence-electron chi connectivity index (χ3n) is 3.53. The molecule has 116 valence electrons. The normalized spacial score (nSPS) is 11.9. The summed E-state index contributed by atoms with van der Waals surface area (Å²) in [5.41, 5.74) is 1.62. The van der Waals surface area contributed by atoms with Gasteiger partial charge in [-0.25, -0.2) is 4.39 Å². The van der Waals surface area contributed by atoms with Gasteiger partial charge in [-0.05, 0) is 48.2 Å².